The Morgan fingerprint density at radius 2 is 1.25 bits per heavy atom. The van der Waals surface area contributed by atoms with Crippen molar-refractivity contribution in [1.82, 2.24) is 0 Å². The van der Waals surface area contributed by atoms with Crippen LogP contribution in [0, 0.1) is 0 Å². The second kappa shape index (κ2) is 13.6. The standard InChI is InChI=1S/C17H24O7/c1-20-7-8-21-9-10-22-11-12-23-13-14-24-17(19)16(18)15-5-3-2-4-6-15/h2-6H,7-14H2,1H3. The Hall–Kier alpha value is -1.80. The van der Waals surface area contributed by atoms with Gasteiger partial charge in [0.1, 0.15) is 6.61 Å². The molecular formula is C17H24O7. The molecule has 0 bridgehead atoms. The summed E-state index contributed by atoms with van der Waals surface area (Å²) in [7, 11) is 1.62. The average molecular weight is 340 g/mol. The molecule has 0 amide bonds. The van der Waals surface area contributed by atoms with Crippen molar-refractivity contribution in [3.8, 4) is 0 Å². The first-order valence-corrected chi connectivity index (χ1v) is 7.74. The zero-order valence-corrected chi connectivity index (χ0v) is 13.9. The van der Waals surface area contributed by atoms with Gasteiger partial charge in [0, 0.05) is 12.7 Å². The molecule has 0 aliphatic rings. The fourth-order valence-corrected chi connectivity index (χ4v) is 1.65. The summed E-state index contributed by atoms with van der Waals surface area (Å²) in [6, 6.07) is 8.27. The number of hydrogen-bond acceptors (Lipinski definition) is 7. The number of rotatable bonds is 14. The molecule has 0 aliphatic carbocycles. The normalized spacial score (nSPS) is 10.5. The molecule has 0 saturated heterocycles. The van der Waals surface area contributed by atoms with Crippen LogP contribution in [0.15, 0.2) is 30.3 Å². The Balaban J connectivity index is 1.93. The molecule has 0 unspecified atom stereocenters. The molecule has 0 saturated carbocycles. The summed E-state index contributed by atoms with van der Waals surface area (Å²) in [5.41, 5.74) is 0.310. The number of ether oxygens (including phenoxy) is 5. The van der Waals surface area contributed by atoms with Crippen LogP contribution in [0.4, 0.5) is 0 Å². The van der Waals surface area contributed by atoms with Crippen LogP contribution in [0.25, 0.3) is 0 Å². The summed E-state index contributed by atoms with van der Waals surface area (Å²) in [5, 5.41) is 0. The third-order valence-corrected chi connectivity index (χ3v) is 2.86. The summed E-state index contributed by atoms with van der Waals surface area (Å²) in [4.78, 5) is 23.3. The first kappa shape index (κ1) is 20.2. The largest absolute Gasteiger partial charge is 0.457 e. The highest BCUT2D eigenvalue weighted by molar-refractivity contribution is 6.40. The zero-order chi connectivity index (χ0) is 17.5. The van der Waals surface area contributed by atoms with Gasteiger partial charge in [-0.25, -0.2) is 4.79 Å². The van der Waals surface area contributed by atoms with Gasteiger partial charge in [-0.15, -0.1) is 0 Å². The Morgan fingerprint density at radius 1 is 0.750 bits per heavy atom. The molecule has 0 radical (unpaired) electrons. The van der Waals surface area contributed by atoms with Gasteiger partial charge >= 0.3 is 5.97 Å². The van der Waals surface area contributed by atoms with Crippen LogP contribution < -0.4 is 0 Å². The molecule has 0 heterocycles. The molecule has 0 aromatic heterocycles. The summed E-state index contributed by atoms with van der Waals surface area (Å²) in [6.45, 7) is 3.13. The van der Waals surface area contributed by atoms with Gasteiger partial charge in [-0.2, -0.15) is 0 Å². The summed E-state index contributed by atoms with van der Waals surface area (Å²) in [5.74, 6) is -1.54. The van der Waals surface area contributed by atoms with Gasteiger partial charge in [-0.05, 0) is 0 Å². The van der Waals surface area contributed by atoms with E-state index in [1.165, 1.54) is 0 Å². The van der Waals surface area contributed by atoms with Crippen molar-refractivity contribution in [3.63, 3.8) is 0 Å². The number of methoxy groups -OCH3 is 1. The Labute approximate surface area is 141 Å². The van der Waals surface area contributed by atoms with Gasteiger partial charge in [-0.3, -0.25) is 4.79 Å². The van der Waals surface area contributed by atoms with Crippen LogP contribution >= 0.6 is 0 Å². The second-order valence-corrected chi connectivity index (χ2v) is 4.66. The smallest absolute Gasteiger partial charge is 0.379 e. The highest BCUT2D eigenvalue weighted by Gasteiger charge is 2.16. The number of benzene rings is 1. The van der Waals surface area contributed by atoms with Crippen LogP contribution in [0.2, 0.25) is 0 Å². The van der Waals surface area contributed by atoms with Crippen LogP contribution in [0.1, 0.15) is 10.4 Å². The van der Waals surface area contributed by atoms with Gasteiger partial charge in [0.2, 0.25) is 0 Å². The van der Waals surface area contributed by atoms with E-state index in [1.54, 1.807) is 37.4 Å². The lowest BCUT2D eigenvalue weighted by Crippen LogP contribution is -2.20. The number of ketones is 1. The lowest BCUT2D eigenvalue weighted by atomic mass is 10.1. The number of carbonyl (C=O) groups is 2. The first-order chi connectivity index (χ1) is 11.8. The van der Waals surface area contributed by atoms with Crippen molar-refractivity contribution in [1.29, 1.82) is 0 Å². The van der Waals surface area contributed by atoms with Gasteiger partial charge in [0.15, 0.2) is 0 Å². The SMILES string of the molecule is COCCOCCOCCOCCOC(=O)C(=O)c1ccccc1. The van der Waals surface area contributed by atoms with Crippen LogP contribution in [-0.2, 0) is 28.5 Å². The highest BCUT2D eigenvalue weighted by Crippen LogP contribution is 2.01. The molecule has 1 aromatic carbocycles. The maximum Gasteiger partial charge on any atom is 0.379 e. The lowest BCUT2D eigenvalue weighted by molar-refractivity contribution is -0.139. The number of hydrogen-bond donors (Lipinski definition) is 0. The topological polar surface area (TPSA) is 80.3 Å². The van der Waals surface area contributed by atoms with Gasteiger partial charge in [0.05, 0.1) is 46.2 Å². The monoisotopic (exact) mass is 340 g/mol. The van der Waals surface area contributed by atoms with Crippen molar-refractivity contribution in [2.45, 2.75) is 0 Å². The molecule has 134 valence electrons. The minimum atomic E-state index is -0.880. The fourth-order valence-electron chi connectivity index (χ4n) is 1.65. The van der Waals surface area contributed by atoms with Gasteiger partial charge in [0.25, 0.3) is 5.78 Å². The van der Waals surface area contributed by atoms with E-state index in [-0.39, 0.29) is 13.2 Å². The quantitative estimate of drug-likeness (QED) is 0.217. The Morgan fingerprint density at radius 3 is 1.79 bits per heavy atom. The van der Waals surface area contributed by atoms with E-state index in [2.05, 4.69) is 0 Å². The first-order valence-electron chi connectivity index (χ1n) is 7.74. The van der Waals surface area contributed by atoms with Gasteiger partial charge in [-0.1, -0.05) is 30.3 Å². The third-order valence-electron chi connectivity index (χ3n) is 2.86. The van der Waals surface area contributed by atoms with Gasteiger partial charge < -0.3 is 23.7 Å². The third kappa shape index (κ3) is 9.36. The lowest BCUT2D eigenvalue weighted by Gasteiger charge is -2.07. The summed E-state index contributed by atoms with van der Waals surface area (Å²) in [6.07, 6.45) is 0. The van der Waals surface area contributed by atoms with E-state index in [0.717, 1.165) is 0 Å². The molecule has 0 aliphatic heterocycles. The Bertz CT molecular complexity index is 461. The van der Waals surface area contributed by atoms with Crippen molar-refractivity contribution < 1.29 is 33.3 Å². The minimum Gasteiger partial charge on any atom is -0.457 e. The second-order valence-electron chi connectivity index (χ2n) is 4.66. The number of esters is 1. The highest BCUT2D eigenvalue weighted by atomic mass is 16.6. The predicted octanol–water partition coefficient (Wildman–Crippen LogP) is 1.11. The molecule has 0 atom stereocenters. The summed E-state index contributed by atoms with van der Waals surface area (Å²) >= 11 is 0. The average Bonchev–Trinajstić information content (AvgIpc) is 2.62. The number of Topliss-reactive ketones (excluding diaryl/α,β-unsaturated/α-hetero) is 1. The molecule has 24 heavy (non-hydrogen) atoms. The van der Waals surface area contributed by atoms with E-state index in [4.69, 9.17) is 23.7 Å². The fraction of sp³-hybridized carbons (Fsp3) is 0.529. The van der Waals surface area contributed by atoms with Crippen molar-refractivity contribution >= 4 is 11.8 Å². The van der Waals surface area contributed by atoms with Crippen molar-refractivity contribution in [2.24, 2.45) is 0 Å². The molecule has 0 N–H and O–H groups in total. The predicted molar refractivity (Wildman–Crippen MR) is 86.1 cm³/mol. The zero-order valence-electron chi connectivity index (χ0n) is 13.9. The van der Waals surface area contributed by atoms with E-state index in [9.17, 15) is 9.59 Å². The molecule has 0 spiro atoms. The maximum absolute atomic E-state index is 11.7. The van der Waals surface area contributed by atoms with E-state index >= 15 is 0 Å². The number of carbonyl (C=O) groups excluding carboxylic acids is 2. The van der Waals surface area contributed by atoms with Crippen LogP contribution in [0.3, 0.4) is 0 Å². The Kier molecular flexibility index (Phi) is 11.5. The molecular weight excluding hydrogens is 316 g/mol. The van der Waals surface area contributed by atoms with E-state index in [0.29, 0.717) is 45.2 Å². The van der Waals surface area contributed by atoms with Crippen molar-refractivity contribution in [3.05, 3.63) is 35.9 Å². The van der Waals surface area contributed by atoms with Crippen LogP contribution in [-0.4, -0.2) is 71.7 Å². The molecule has 0 fully saturated rings. The molecule has 1 aromatic rings. The molecule has 1 rings (SSSR count). The maximum atomic E-state index is 11.7. The van der Waals surface area contributed by atoms with E-state index < -0.39 is 11.8 Å². The molecule has 7 nitrogen and oxygen atoms in total. The minimum absolute atomic E-state index is 0.0253. The van der Waals surface area contributed by atoms with E-state index in [1.807, 2.05) is 0 Å². The summed E-state index contributed by atoms with van der Waals surface area (Å²) < 4.78 is 25.4. The van der Waals surface area contributed by atoms with Crippen molar-refractivity contribution in [2.75, 3.05) is 60.0 Å². The molecule has 7 heteroatoms. The van der Waals surface area contributed by atoms with Crippen LogP contribution in [0.5, 0.6) is 0 Å².